The van der Waals surface area contributed by atoms with Gasteiger partial charge in [0.15, 0.2) is 5.65 Å². The summed E-state index contributed by atoms with van der Waals surface area (Å²) in [6, 6.07) is 5.40. The second kappa shape index (κ2) is 8.36. The summed E-state index contributed by atoms with van der Waals surface area (Å²) in [7, 11) is 1.75. The maximum atomic E-state index is 13.3. The Kier molecular flexibility index (Phi) is 5.37. The van der Waals surface area contributed by atoms with Crippen molar-refractivity contribution in [3.05, 3.63) is 47.3 Å². The zero-order valence-corrected chi connectivity index (χ0v) is 18.9. The normalized spacial score (nSPS) is 15.9. The number of rotatable bonds is 5. The molecule has 0 spiro atoms. The zero-order valence-electron chi connectivity index (χ0n) is 18.9. The van der Waals surface area contributed by atoms with Gasteiger partial charge in [-0.3, -0.25) is 9.59 Å². The van der Waals surface area contributed by atoms with Gasteiger partial charge < -0.3 is 24.6 Å². The molecule has 172 valence electrons. The summed E-state index contributed by atoms with van der Waals surface area (Å²) in [5, 5.41) is 7.23. The Labute approximate surface area is 191 Å². The van der Waals surface area contributed by atoms with Gasteiger partial charge in [0.05, 0.1) is 31.2 Å². The van der Waals surface area contributed by atoms with E-state index < -0.39 is 0 Å². The third kappa shape index (κ3) is 3.97. The van der Waals surface area contributed by atoms with E-state index in [9.17, 15) is 9.59 Å². The van der Waals surface area contributed by atoms with Gasteiger partial charge in [-0.15, -0.1) is 0 Å². The Balaban J connectivity index is 1.47. The number of carbonyl (C=O) groups is 2. The number of hydrogen-bond donors (Lipinski definition) is 1. The highest BCUT2D eigenvalue weighted by Crippen LogP contribution is 2.34. The van der Waals surface area contributed by atoms with Gasteiger partial charge in [-0.2, -0.15) is 5.10 Å². The van der Waals surface area contributed by atoms with Gasteiger partial charge >= 0.3 is 0 Å². The van der Waals surface area contributed by atoms with E-state index in [1.165, 1.54) is 6.20 Å². The first kappa shape index (κ1) is 21.2. The molecule has 2 aliphatic heterocycles. The van der Waals surface area contributed by atoms with E-state index in [1.807, 2.05) is 26.0 Å². The lowest BCUT2D eigenvalue weighted by Gasteiger charge is -2.27. The molecule has 5 rings (SSSR count). The van der Waals surface area contributed by atoms with Crippen LogP contribution in [0, 0.1) is 0 Å². The topological polar surface area (TPSA) is 101 Å². The minimum Gasteiger partial charge on any atom is -0.489 e. The van der Waals surface area contributed by atoms with E-state index in [-0.39, 0.29) is 17.9 Å². The number of amides is 2. The van der Waals surface area contributed by atoms with Crippen LogP contribution in [-0.2, 0) is 11.3 Å². The first-order valence-corrected chi connectivity index (χ1v) is 11.0. The molecule has 1 aromatic carbocycles. The van der Waals surface area contributed by atoms with E-state index in [2.05, 4.69) is 15.3 Å². The van der Waals surface area contributed by atoms with Crippen molar-refractivity contribution in [1.29, 1.82) is 0 Å². The molecule has 1 N–H and O–H groups in total. The molecular formula is C23H26N6O4. The second-order valence-electron chi connectivity index (χ2n) is 8.50. The van der Waals surface area contributed by atoms with E-state index in [0.29, 0.717) is 48.0 Å². The van der Waals surface area contributed by atoms with Crippen LogP contribution in [-0.4, -0.2) is 70.8 Å². The number of morpholine rings is 1. The van der Waals surface area contributed by atoms with E-state index >= 15 is 0 Å². The summed E-state index contributed by atoms with van der Waals surface area (Å²) in [6.45, 7) is 7.07. The molecule has 0 unspecified atom stereocenters. The Morgan fingerprint density at radius 3 is 2.79 bits per heavy atom. The molecule has 10 heteroatoms. The van der Waals surface area contributed by atoms with Gasteiger partial charge in [0.1, 0.15) is 17.1 Å². The average molecular weight is 450 g/mol. The summed E-state index contributed by atoms with van der Waals surface area (Å²) in [6.07, 6.45) is 3.19. The van der Waals surface area contributed by atoms with Crippen molar-refractivity contribution in [2.24, 2.45) is 0 Å². The van der Waals surface area contributed by atoms with Crippen LogP contribution >= 0.6 is 0 Å². The third-order valence-corrected chi connectivity index (χ3v) is 5.74. The van der Waals surface area contributed by atoms with E-state index in [4.69, 9.17) is 14.5 Å². The Morgan fingerprint density at radius 2 is 2.03 bits per heavy atom. The molecule has 1 saturated heterocycles. The molecule has 2 aliphatic rings. The molecule has 4 heterocycles. The van der Waals surface area contributed by atoms with Gasteiger partial charge in [-0.25, -0.2) is 9.50 Å². The van der Waals surface area contributed by atoms with Gasteiger partial charge in [0.25, 0.3) is 11.8 Å². The first-order chi connectivity index (χ1) is 15.9. The number of anilines is 2. The fourth-order valence-corrected chi connectivity index (χ4v) is 4.11. The lowest BCUT2D eigenvalue weighted by Crippen LogP contribution is -2.36. The minimum absolute atomic E-state index is 0.0565. The van der Waals surface area contributed by atoms with Crippen LogP contribution in [0.1, 0.15) is 40.1 Å². The van der Waals surface area contributed by atoms with Crippen molar-refractivity contribution in [1.82, 2.24) is 19.5 Å². The van der Waals surface area contributed by atoms with Crippen LogP contribution in [0.15, 0.2) is 30.6 Å². The molecule has 0 radical (unpaired) electrons. The zero-order chi connectivity index (χ0) is 23.1. The van der Waals surface area contributed by atoms with Crippen molar-refractivity contribution in [2.45, 2.75) is 26.5 Å². The third-order valence-electron chi connectivity index (χ3n) is 5.74. The number of nitrogens with one attached hydrogen (secondary N) is 1. The largest absolute Gasteiger partial charge is 0.489 e. The van der Waals surface area contributed by atoms with E-state index in [1.54, 1.807) is 28.7 Å². The second-order valence-corrected chi connectivity index (χ2v) is 8.50. The van der Waals surface area contributed by atoms with Gasteiger partial charge in [-0.1, -0.05) is 0 Å². The van der Waals surface area contributed by atoms with Crippen LogP contribution < -0.4 is 15.0 Å². The summed E-state index contributed by atoms with van der Waals surface area (Å²) < 4.78 is 12.9. The smallest absolute Gasteiger partial charge is 0.261 e. The van der Waals surface area contributed by atoms with Gasteiger partial charge in [-0.05, 0) is 37.6 Å². The molecule has 0 bridgehead atoms. The summed E-state index contributed by atoms with van der Waals surface area (Å²) >= 11 is 0. The van der Waals surface area contributed by atoms with Crippen molar-refractivity contribution >= 4 is 29.0 Å². The number of ether oxygens (including phenoxy) is 2. The lowest BCUT2D eigenvalue weighted by molar-refractivity contribution is 0.0815. The van der Waals surface area contributed by atoms with Crippen LogP contribution in [0.25, 0.3) is 5.65 Å². The molecule has 3 aromatic rings. The monoisotopic (exact) mass is 450 g/mol. The number of fused-ring (bicyclic) bond motifs is 2. The van der Waals surface area contributed by atoms with E-state index in [0.717, 1.165) is 24.5 Å². The van der Waals surface area contributed by atoms with Gasteiger partial charge in [0.2, 0.25) is 0 Å². The number of aromatic nitrogens is 3. The number of nitrogens with zero attached hydrogens (tertiary/aromatic N) is 5. The predicted molar refractivity (Wildman–Crippen MR) is 122 cm³/mol. The molecule has 1 fully saturated rings. The Bertz CT molecular complexity index is 1230. The average Bonchev–Trinajstić information content (AvgIpc) is 3.34. The lowest BCUT2D eigenvalue weighted by atomic mass is 10.1. The predicted octanol–water partition coefficient (Wildman–Crippen LogP) is 2.19. The van der Waals surface area contributed by atoms with Crippen molar-refractivity contribution in [2.75, 3.05) is 43.6 Å². The van der Waals surface area contributed by atoms with Crippen LogP contribution in [0.4, 0.5) is 11.5 Å². The van der Waals surface area contributed by atoms with Crippen molar-refractivity contribution in [3.63, 3.8) is 0 Å². The number of benzene rings is 1. The number of carbonyl (C=O) groups excluding carboxylic acids is 2. The molecular weight excluding hydrogens is 424 g/mol. The number of hydrogen-bond acceptors (Lipinski definition) is 7. The van der Waals surface area contributed by atoms with Crippen molar-refractivity contribution < 1.29 is 19.1 Å². The molecule has 2 aromatic heterocycles. The minimum atomic E-state index is -0.345. The first-order valence-electron chi connectivity index (χ1n) is 11.0. The highest BCUT2D eigenvalue weighted by molar-refractivity contribution is 6.09. The summed E-state index contributed by atoms with van der Waals surface area (Å²) in [5.41, 5.74) is 2.79. The molecule has 10 nitrogen and oxygen atoms in total. The Hall–Kier alpha value is -3.66. The standard InChI is InChI=1S/C23H26N6O4/c1-14(2)33-19-11-16-15(13-27(3)23(16)31)10-18(19)25-22(30)17-12-24-29-5-4-20(26-21(17)29)28-6-8-32-9-7-28/h4-5,10-12,14H,6-9,13H2,1-3H3,(H,25,30). The summed E-state index contributed by atoms with van der Waals surface area (Å²) in [4.78, 5) is 34.1. The highest BCUT2D eigenvalue weighted by atomic mass is 16.5. The van der Waals surface area contributed by atoms with Gasteiger partial charge in [0, 0.05) is 38.4 Å². The fraction of sp³-hybridized carbons (Fsp3) is 0.391. The van der Waals surface area contributed by atoms with Crippen LogP contribution in [0.5, 0.6) is 5.75 Å². The van der Waals surface area contributed by atoms with Crippen LogP contribution in [0.2, 0.25) is 0 Å². The highest BCUT2D eigenvalue weighted by Gasteiger charge is 2.28. The maximum Gasteiger partial charge on any atom is 0.261 e. The molecule has 0 atom stereocenters. The molecule has 33 heavy (non-hydrogen) atoms. The summed E-state index contributed by atoms with van der Waals surface area (Å²) in [5.74, 6) is 0.837. The quantitative estimate of drug-likeness (QED) is 0.636. The van der Waals surface area contributed by atoms with Crippen LogP contribution in [0.3, 0.4) is 0 Å². The molecule has 0 aliphatic carbocycles. The molecule has 0 saturated carbocycles. The SMILES string of the molecule is CC(C)Oc1cc2c(cc1NC(=O)c1cnn3ccc(N4CCOCC4)nc13)CN(C)C2=O. The Morgan fingerprint density at radius 1 is 1.24 bits per heavy atom. The van der Waals surface area contributed by atoms with Crippen molar-refractivity contribution in [3.8, 4) is 5.75 Å². The maximum absolute atomic E-state index is 13.3. The molecule has 2 amide bonds. The fourth-order valence-electron chi connectivity index (χ4n) is 4.11.